The van der Waals surface area contributed by atoms with Crippen molar-refractivity contribution in [2.75, 3.05) is 42.9 Å². The molecule has 4 aliphatic heterocycles. The van der Waals surface area contributed by atoms with Gasteiger partial charge in [0.25, 0.3) is 23.6 Å². The molecule has 5 amide bonds. The molecule has 18 heteroatoms. The van der Waals surface area contributed by atoms with Crippen LogP contribution in [0.15, 0.2) is 61.2 Å². The fourth-order valence-corrected chi connectivity index (χ4v) is 8.27. The van der Waals surface area contributed by atoms with Crippen LogP contribution < -0.4 is 20.3 Å². The molecule has 9 rings (SSSR count). The van der Waals surface area contributed by atoms with Gasteiger partial charge in [0.1, 0.15) is 17.4 Å². The lowest BCUT2D eigenvalue weighted by atomic mass is 9.90. The van der Waals surface area contributed by atoms with E-state index >= 15 is 8.78 Å². The SMILES string of the molecule is CC(C)Oc1cc2nn(C3CCN(CC(F)(F)C4CN(c5ccc6c(c5)C(=O)N(C5CCC(=O)NC5=O)C6=O)C4)CC3)cc2cc1NC(=O)c1cnn2cccnc12. The minimum Gasteiger partial charge on any atom is -0.489 e. The van der Waals surface area contributed by atoms with Gasteiger partial charge in [-0.2, -0.15) is 10.2 Å². The first kappa shape index (κ1) is 37.3. The Hall–Kier alpha value is -6.30. The predicted octanol–water partition coefficient (Wildman–Crippen LogP) is 3.93. The highest BCUT2D eigenvalue weighted by Gasteiger charge is 2.49. The lowest BCUT2D eigenvalue weighted by molar-refractivity contribution is -0.136. The monoisotopic (exact) mass is 794 g/mol. The minimum atomic E-state index is -2.96. The van der Waals surface area contributed by atoms with E-state index in [2.05, 4.69) is 20.7 Å². The molecule has 7 heterocycles. The van der Waals surface area contributed by atoms with Crippen LogP contribution in [0.3, 0.4) is 0 Å². The number of hydrogen-bond donors (Lipinski definition) is 2. The lowest BCUT2D eigenvalue weighted by Gasteiger charge is -2.46. The normalized spacial score (nSPS) is 19.6. The quantitative estimate of drug-likeness (QED) is 0.196. The van der Waals surface area contributed by atoms with E-state index < -0.39 is 41.5 Å². The Labute approximate surface area is 330 Å². The van der Waals surface area contributed by atoms with E-state index in [0.717, 1.165) is 10.3 Å². The Bertz CT molecular complexity index is 2500. The Kier molecular flexibility index (Phi) is 9.17. The second-order valence-corrected chi connectivity index (χ2v) is 15.6. The van der Waals surface area contributed by atoms with Crippen LogP contribution in [0.4, 0.5) is 20.2 Å². The van der Waals surface area contributed by atoms with Gasteiger partial charge in [-0.1, -0.05) is 0 Å². The number of halogens is 2. The van der Waals surface area contributed by atoms with Crippen LogP contribution in [0, 0.1) is 5.92 Å². The van der Waals surface area contributed by atoms with Crippen LogP contribution in [0.5, 0.6) is 5.75 Å². The molecule has 1 unspecified atom stereocenters. The summed E-state index contributed by atoms with van der Waals surface area (Å²) in [5.41, 5.74) is 2.70. The van der Waals surface area contributed by atoms with Crippen molar-refractivity contribution in [1.82, 2.24) is 39.5 Å². The molecule has 2 aromatic carbocycles. The highest BCUT2D eigenvalue weighted by molar-refractivity contribution is 6.23. The third-order valence-corrected chi connectivity index (χ3v) is 11.4. The van der Waals surface area contributed by atoms with Crippen molar-refractivity contribution < 1.29 is 37.5 Å². The zero-order chi connectivity index (χ0) is 40.5. The molecular formula is C40H40F2N10O6. The molecule has 0 spiro atoms. The van der Waals surface area contributed by atoms with Gasteiger partial charge in [0, 0.05) is 68.3 Å². The van der Waals surface area contributed by atoms with Crippen LogP contribution in [0.25, 0.3) is 16.6 Å². The summed E-state index contributed by atoms with van der Waals surface area (Å²) in [4.78, 5) is 72.4. The molecule has 4 aliphatic rings. The number of piperidine rings is 2. The Morgan fingerprint density at radius 3 is 2.57 bits per heavy atom. The smallest absolute Gasteiger partial charge is 0.266 e. The zero-order valence-electron chi connectivity index (χ0n) is 31.7. The third-order valence-electron chi connectivity index (χ3n) is 11.4. The number of amides is 5. The number of benzene rings is 2. The number of carbonyl (C=O) groups excluding carboxylic acids is 5. The number of aromatic nitrogens is 5. The molecule has 1 atom stereocenters. The van der Waals surface area contributed by atoms with E-state index in [-0.39, 0.29) is 61.7 Å². The number of nitrogens with zero attached hydrogens (tertiary/aromatic N) is 8. The largest absolute Gasteiger partial charge is 0.489 e. The number of fused-ring (bicyclic) bond motifs is 3. The van der Waals surface area contributed by atoms with Gasteiger partial charge in [-0.15, -0.1) is 0 Å². The van der Waals surface area contributed by atoms with Crippen molar-refractivity contribution in [2.45, 2.75) is 63.6 Å². The molecule has 2 N–H and O–H groups in total. The van der Waals surface area contributed by atoms with E-state index in [9.17, 15) is 24.0 Å². The molecule has 3 fully saturated rings. The van der Waals surface area contributed by atoms with Crippen molar-refractivity contribution in [1.29, 1.82) is 0 Å². The third kappa shape index (κ3) is 6.69. The molecular weight excluding hydrogens is 754 g/mol. The van der Waals surface area contributed by atoms with Gasteiger partial charge in [-0.25, -0.2) is 18.3 Å². The fourth-order valence-electron chi connectivity index (χ4n) is 8.27. The predicted molar refractivity (Wildman–Crippen MR) is 205 cm³/mol. The first-order valence-electron chi connectivity index (χ1n) is 19.3. The maximum absolute atomic E-state index is 15.7. The van der Waals surface area contributed by atoms with Gasteiger partial charge in [-0.05, 0) is 63.4 Å². The first-order chi connectivity index (χ1) is 27.8. The van der Waals surface area contributed by atoms with Crippen molar-refractivity contribution in [3.8, 4) is 5.75 Å². The summed E-state index contributed by atoms with van der Waals surface area (Å²) in [5.74, 6) is -6.17. The Balaban J connectivity index is 0.811. The second kappa shape index (κ2) is 14.3. The second-order valence-electron chi connectivity index (χ2n) is 15.6. The van der Waals surface area contributed by atoms with Crippen LogP contribution in [0.2, 0.25) is 0 Å². The highest BCUT2D eigenvalue weighted by atomic mass is 19.3. The van der Waals surface area contributed by atoms with Crippen LogP contribution in [-0.4, -0.2) is 115 Å². The molecule has 3 saturated heterocycles. The highest BCUT2D eigenvalue weighted by Crippen LogP contribution is 2.39. The van der Waals surface area contributed by atoms with Crippen LogP contribution in [-0.2, 0) is 9.59 Å². The van der Waals surface area contributed by atoms with Gasteiger partial charge in [0.05, 0.1) is 53.1 Å². The van der Waals surface area contributed by atoms with Crippen molar-refractivity contribution in [3.05, 3.63) is 77.9 Å². The summed E-state index contributed by atoms with van der Waals surface area (Å²) in [5, 5.41) is 15.0. The number of anilines is 2. The van der Waals surface area contributed by atoms with E-state index in [1.165, 1.54) is 22.8 Å². The van der Waals surface area contributed by atoms with Gasteiger partial charge >= 0.3 is 0 Å². The first-order valence-corrected chi connectivity index (χ1v) is 19.3. The Morgan fingerprint density at radius 1 is 1.03 bits per heavy atom. The topological polar surface area (TPSA) is 176 Å². The average Bonchev–Trinajstić information content (AvgIpc) is 3.85. The van der Waals surface area contributed by atoms with Crippen molar-refractivity contribution in [2.24, 2.45) is 5.92 Å². The molecule has 0 saturated carbocycles. The summed E-state index contributed by atoms with van der Waals surface area (Å²) in [6.45, 7) is 4.51. The molecule has 3 aromatic heterocycles. The number of ether oxygens (including phenoxy) is 1. The maximum atomic E-state index is 15.7. The fraction of sp³-hybridized carbons (Fsp3) is 0.400. The molecule has 58 heavy (non-hydrogen) atoms. The number of hydrogen-bond acceptors (Lipinski definition) is 11. The zero-order valence-corrected chi connectivity index (χ0v) is 31.7. The maximum Gasteiger partial charge on any atom is 0.266 e. The number of alkyl halides is 2. The van der Waals surface area contributed by atoms with Gasteiger partial charge in [0.15, 0.2) is 5.65 Å². The number of likely N-dealkylation sites (tertiary alicyclic amines) is 1. The Morgan fingerprint density at radius 2 is 1.81 bits per heavy atom. The number of imide groups is 2. The number of rotatable bonds is 10. The summed E-state index contributed by atoms with van der Waals surface area (Å²) in [7, 11) is 0. The standard InChI is InChI=1S/C40H40F2N10O6/c1-22(2)58-33-16-30-23(14-31(33)45-36(54)29-17-44-50-11-3-10-43-35(29)50)18-51(47-30)25-8-12-48(13-9-25)21-40(41,42)24-19-49(20-24)26-4-5-27-28(15-26)39(57)52(38(27)56)32-6-7-34(53)46-37(32)55/h3-5,10-11,14-18,22,24-25,32H,6-9,12-13,19-21H2,1-2H3,(H,45,54)(H,46,53,55). The van der Waals surface area contributed by atoms with Crippen molar-refractivity contribution >= 4 is 57.5 Å². The van der Waals surface area contributed by atoms with Gasteiger partial charge in [-0.3, -0.25) is 43.8 Å². The lowest BCUT2D eigenvalue weighted by Crippen LogP contribution is -2.58. The van der Waals surface area contributed by atoms with Gasteiger partial charge in [0.2, 0.25) is 11.8 Å². The molecule has 5 aromatic rings. The summed E-state index contributed by atoms with van der Waals surface area (Å²) >= 11 is 0. The summed E-state index contributed by atoms with van der Waals surface area (Å²) in [6.07, 6.45) is 7.82. The number of carbonyl (C=O) groups is 5. The van der Waals surface area contributed by atoms with Crippen molar-refractivity contribution in [3.63, 3.8) is 0 Å². The summed E-state index contributed by atoms with van der Waals surface area (Å²) in [6, 6.07) is 8.90. The number of nitrogens with one attached hydrogen (secondary N) is 2. The molecule has 16 nitrogen and oxygen atoms in total. The molecule has 300 valence electrons. The van der Waals surface area contributed by atoms with Gasteiger partial charge < -0.3 is 15.0 Å². The van der Waals surface area contributed by atoms with E-state index in [0.29, 0.717) is 59.8 Å². The van der Waals surface area contributed by atoms with Crippen LogP contribution >= 0.6 is 0 Å². The average molecular weight is 795 g/mol. The van der Waals surface area contributed by atoms with E-state index in [1.54, 1.807) is 40.4 Å². The van der Waals surface area contributed by atoms with Crippen LogP contribution in [0.1, 0.15) is 76.6 Å². The molecule has 0 aliphatic carbocycles. The molecule has 0 radical (unpaired) electrons. The summed E-state index contributed by atoms with van der Waals surface area (Å²) < 4.78 is 40.8. The van der Waals surface area contributed by atoms with E-state index in [4.69, 9.17) is 9.84 Å². The van der Waals surface area contributed by atoms with E-state index in [1.807, 2.05) is 30.8 Å². The minimum absolute atomic E-state index is 0.00542. The molecule has 0 bridgehead atoms.